The molecule has 8 heteroatoms. The normalized spacial score (nSPS) is 16.1. The Morgan fingerprint density at radius 1 is 1.20 bits per heavy atom. The number of carbonyl (C=O) groups is 3. The molecule has 4 rings (SSSR count). The van der Waals surface area contributed by atoms with E-state index in [0.29, 0.717) is 18.4 Å². The third-order valence-electron chi connectivity index (χ3n) is 6.56. The molecule has 0 fully saturated rings. The standard InChI is InChI=1S/C27H26N4O4/c1-17(30(2)27(34)35)25(32)29-23-13-12-20-6-3-4-9-24(20)31(26(23)33)16-21-8-5-7-19-11-10-18(15-28)14-22(19)21/h3-11,14,17,23H,12-13,16H2,1-2H3,(H,29,32)(H,34,35)/t17-,23-/m0/s1. The molecule has 1 aliphatic rings. The van der Waals surface area contributed by atoms with E-state index in [0.717, 1.165) is 32.5 Å². The number of amides is 3. The fraction of sp³-hybridized carbons (Fsp3) is 0.259. The van der Waals surface area contributed by atoms with E-state index in [1.54, 1.807) is 11.0 Å². The molecule has 0 saturated carbocycles. The SMILES string of the molecule is C[C@@H](C(=O)N[C@H]1CCc2ccccc2N(Cc2cccc3ccc(C#N)cc23)C1=O)N(C)C(=O)O. The molecule has 3 amide bonds. The number of likely N-dealkylation sites (N-methyl/N-ethyl adjacent to an activating group) is 1. The predicted octanol–water partition coefficient (Wildman–Crippen LogP) is 3.67. The Morgan fingerprint density at radius 2 is 1.97 bits per heavy atom. The van der Waals surface area contributed by atoms with E-state index >= 15 is 0 Å². The average Bonchev–Trinajstić information content (AvgIpc) is 2.99. The van der Waals surface area contributed by atoms with Crippen LogP contribution in [-0.4, -0.2) is 47.0 Å². The number of carbonyl (C=O) groups excluding carboxylic acids is 2. The predicted molar refractivity (Wildman–Crippen MR) is 132 cm³/mol. The zero-order valence-electron chi connectivity index (χ0n) is 19.6. The number of anilines is 1. The Morgan fingerprint density at radius 3 is 2.71 bits per heavy atom. The average molecular weight is 471 g/mol. The molecule has 3 aromatic rings. The van der Waals surface area contributed by atoms with Crippen LogP contribution < -0.4 is 10.2 Å². The van der Waals surface area contributed by atoms with Gasteiger partial charge in [0.2, 0.25) is 11.8 Å². The number of fused-ring (bicyclic) bond motifs is 2. The van der Waals surface area contributed by atoms with Crippen LogP contribution in [0.2, 0.25) is 0 Å². The zero-order valence-corrected chi connectivity index (χ0v) is 19.6. The number of rotatable bonds is 5. The highest BCUT2D eigenvalue weighted by molar-refractivity contribution is 6.01. The lowest BCUT2D eigenvalue weighted by atomic mass is 10.0. The molecular weight excluding hydrogens is 444 g/mol. The molecule has 0 bridgehead atoms. The fourth-order valence-electron chi connectivity index (χ4n) is 4.36. The van der Waals surface area contributed by atoms with Crippen LogP contribution in [-0.2, 0) is 22.6 Å². The quantitative estimate of drug-likeness (QED) is 0.591. The van der Waals surface area contributed by atoms with Crippen LogP contribution in [0.15, 0.2) is 60.7 Å². The molecule has 0 radical (unpaired) electrons. The fourth-order valence-corrected chi connectivity index (χ4v) is 4.36. The minimum Gasteiger partial charge on any atom is -0.465 e. The summed E-state index contributed by atoms with van der Waals surface area (Å²) in [4.78, 5) is 40.4. The second-order valence-electron chi connectivity index (χ2n) is 8.69. The summed E-state index contributed by atoms with van der Waals surface area (Å²) in [6.45, 7) is 1.75. The van der Waals surface area contributed by atoms with Gasteiger partial charge in [-0.1, -0.05) is 42.5 Å². The molecule has 0 spiro atoms. The lowest BCUT2D eigenvalue weighted by molar-refractivity contribution is -0.130. The topological polar surface area (TPSA) is 114 Å². The number of nitrogens with one attached hydrogen (secondary N) is 1. The van der Waals surface area contributed by atoms with Crippen LogP contribution >= 0.6 is 0 Å². The number of aryl methyl sites for hydroxylation is 1. The van der Waals surface area contributed by atoms with Gasteiger partial charge in [-0.25, -0.2) is 4.79 Å². The van der Waals surface area contributed by atoms with Crippen molar-refractivity contribution in [2.24, 2.45) is 0 Å². The number of hydrogen-bond acceptors (Lipinski definition) is 4. The van der Waals surface area contributed by atoms with Gasteiger partial charge in [0.25, 0.3) is 0 Å². The van der Waals surface area contributed by atoms with Crippen molar-refractivity contribution in [3.8, 4) is 6.07 Å². The smallest absolute Gasteiger partial charge is 0.407 e. The van der Waals surface area contributed by atoms with E-state index in [1.807, 2.05) is 54.6 Å². The second kappa shape index (κ2) is 9.85. The van der Waals surface area contributed by atoms with Gasteiger partial charge in [-0.05, 0) is 59.9 Å². The number of nitrogens with zero attached hydrogens (tertiary/aromatic N) is 3. The van der Waals surface area contributed by atoms with E-state index in [-0.39, 0.29) is 12.5 Å². The van der Waals surface area contributed by atoms with Crippen molar-refractivity contribution < 1.29 is 19.5 Å². The van der Waals surface area contributed by atoms with Crippen molar-refractivity contribution in [3.63, 3.8) is 0 Å². The van der Waals surface area contributed by atoms with Crippen molar-refractivity contribution in [2.45, 2.75) is 38.4 Å². The summed E-state index contributed by atoms with van der Waals surface area (Å²) in [5.41, 5.74) is 3.19. The highest BCUT2D eigenvalue weighted by Crippen LogP contribution is 2.30. The molecule has 0 aliphatic carbocycles. The van der Waals surface area contributed by atoms with Crippen LogP contribution in [0.4, 0.5) is 10.5 Å². The van der Waals surface area contributed by atoms with E-state index in [9.17, 15) is 24.8 Å². The first-order valence-electron chi connectivity index (χ1n) is 11.4. The molecule has 1 aliphatic heterocycles. The summed E-state index contributed by atoms with van der Waals surface area (Å²) in [6, 6.07) is 19.4. The van der Waals surface area contributed by atoms with Gasteiger partial charge in [0.05, 0.1) is 18.2 Å². The summed E-state index contributed by atoms with van der Waals surface area (Å²) in [5.74, 6) is -0.787. The summed E-state index contributed by atoms with van der Waals surface area (Å²) < 4.78 is 0. The van der Waals surface area contributed by atoms with E-state index in [1.165, 1.54) is 14.0 Å². The number of para-hydroxylation sites is 1. The largest absolute Gasteiger partial charge is 0.465 e. The monoisotopic (exact) mass is 470 g/mol. The lowest BCUT2D eigenvalue weighted by Crippen LogP contribution is -2.53. The van der Waals surface area contributed by atoms with Gasteiger partial charge in [-0.3, -0.25) is 14.5 Å². The maximum absolute atomic E-state index is 13.8. The molecule has 0 unspecified atom stereocenters. The van der Waals surface area contributed by atoms with Gasteiger partial charge in [-0.2, -0.15) is 5.26 Å². The van der Waals surface area contributed by atoms with Crippen molar-refractivity contribution in [3.05, 3.63) is 77.4 Å². The molecule has 35 heavy (non-hydrogen) atoms. The van der Waals surface area contributed by atoms with Crippen LogP contribution in [0.5, 0.6) is 0 Å². The Bertz CT molecular complexity index is 1350. The van der Waals surface area contributed by atoms with Gasteiger partial charge < -0.3 is 15.3 Å². The molecule has 2 atom stereocenters. The minimum atomic E-state index is -1.22. The Balaban J connectivity index is 1.69. The van der Waals surface area contributed by atoms with Crippen molar-refractivity contribution >= 4 is 34.4 Å². The third-order valence-corrected chi connectivity index (χ3v) is 6.56. The van der Waals surface area contributed by atoms with E-state index in [4.69, 9.17) is 0 Å². The summed E-state index contributed by atoms with van der Waals surface area (Å²) >= 11 is 0. The van der Waals surface area contributed by atoms with Crippen molar-refractivity contribution in [2.75, 3.05) is 11.9 Å². The Kier molecular flexibility index (Phi) is 6.69. The Labute approximate surface area is 203 Å². The van der Waals surface area contributed by atoms with E-state index < -0.39 is 24.1 Å². The molecule has 1 heterocycles. The first-order valence-corrected chi connectivity index (χ1v) is 11.4. The molecule has 8 nitrogen and oxygen atoms in total. The number of carboxylic acid groups (broad SMARTS) is 1. The van der Waals surface area contributed by atoms with Gasteiger partial charge in [-0.15, -0.1) is 0 Å². The summed E-state index contributed by atoms with van der Waals surface area (Å²) in [6.07, 6.45) is -0.238. The van der Waals surface area contributed by atoms with E-state index in [2.05, 4.69) is 11.4 Å². The van der Waals surface area contributed by atoms with Gasteiger partial charge in [0.15, 0.2) is 0 Å². The van der Waals surface area contributed by atoms with Crippen molar-refractivity contribution in [1.29, 1.82) is 5.26 Å². The minimum absolute atomic E-state index is 0.262. The maximum atomic E-state index is 13.8. The molecule has 178 valence electrons. The molecule has 2 N–H and O–H groups in total. The molecule has 3 aromatic carbocycles. The number of benzene rings is 3. The van der Waals surface area contributed by atoms with Gasteiger partial charge in [0.1, 0.15) is 12.1 Å². The van der Waals surface area contributed by atoms with Crippen molar-refractivity contribution in [1.82, 2.24) is 10.2 Å². The number of nitriles is 1. The molecule has 0 saturated heterocycles. The Hall–Kier alpha value is -4.38. The highest BCUT2D eigenvalue weighted by Gasteiger charge is 2.33. The number of hydrogen-bond donors (Lipinski definition) is 2. The van der Waals surface area contributed by atoms with Gasteiger partial charge in [0, 0.05) is 12.7 Å². The van der Waals surface area contributed by atoms with Crippen LogP contribution in [0.3, 0.4) is 0 Å². The molecule has 0 aromatic heterocycles. The van der Waals surface area contributed by atoms with Crippen LogP contribution in [0, 0.1) is 11.3 Å². The van der Waals surface area contributed by atoms with Gasteiger partial charge >= 0.3 is 6.09 Å². The third kappa shape index (κ3) is 4.80. The van der Waals surface area contributed by atoms with Crippen LogP contribution in [0.1, 0.15) is 30.0 Å². The molecular formula is C27H26N4O4. The first kappa shape index (κ1) is 23.8. The first-order chi connectivity index (χ1) is 16.8. The summed E-state index contributed by atoms with van der Waals surface area (Å²) in [7, 11) is 1.32. The highest BCUT2D eigenvalue weighted by atomic mass is 16.4. The van der Waals surface area contributed by atoms with Crippen LogP contribution in [0.25, 0.3) is 10.8 Å². The zero-order chi connectivity index (χ0) is 25.1. The maximum Gasteiger partial charge on any atom is 0.407 e. The second-order valence-corrected chi connectivity index (χ2v) is 8.69. The lowest BCUT2D eigenvalue weighted by Gasteiger charge is -2.28. The summed E-state index contributed by atoms with van der Waals surface area (Å²) in [5, 5.41) is 23.2.